The van der Waals surface area contributed by atoms with Crippen molar-refractivity contribution in [3.63, 3.8) is 0 Å². The van der Waals surface area contributed by atoms with Crippen LogP contribution in [0.25, 0.3) is 6.08 Å². The first-order valence-electron chi connectivity index (χ1n) is 14.4. The van der Waals surface area contributed by atoms with Crippen LogP contribution in [-0.4, -0.2) is 49.4 Å². The summed E-state index contributed by atoms with van der Waals surface area (Å²) in [6.45, 7) is 0. The second-order valence-corrected chi connectivity index (χ2v) is 11.1. The lowest BCUT2D eigenvalue weighted by Gasteiger charge is -2.14. The number of hydrogen-bond acceptors (Lipinski definition) is 8. The molecule has 11 nitrogen and oxygen atoms in total. The number of benzene rings is 4. The lowest BCUT2D eigenvalue weighted by molar-refractivity contribution is -0.117. The van der Waals surface area contributed by atoms with Crippen LogP contribution in [0.5, 0.6) is 11.5 Å². The molecule has 0 unspecified atom stereocenters. The van der Waals surface area contributed by atoms with Crippen LogP contribution in [0.2, 0.25) is 0 Å². The highest BCUT2D eigenvalue weighted by molar-refractivity contribution is 8.00. The van der Waals surface area contributed by atoms with Gasteiger partial charge in [0, 0.05) is 21.7 Å². The van der Waals surface area contributed by atoms with Crippen molar-refractivity contribution in [1.82, 2.24) is 10.6 Å². The Kier molecular flexibility index (Phi) is 10.7. The molecule has 5 rings (SSSR count). The van der Waals surface area contributed by atoms with Gasteiger partial charge < -0.3 is 25.4 Å². The minimum absolute atomic E-state index is 0.00648. The third-order valence-electron chi connectivity index (χ3n) is 6.80. The van der Waals surface area contributed by atoms with Crippen LogP contribution in [0.1, 0.15) is 22.3 Å². The molecule has 4 amide bonds. The maximum atomic E-state index is 13.5. The fourth-order valence-electron chi connectivity index (χ4n) is 4.57. The summed E-state index contributed by atoms with van der Waals surface area (Å²) in [6.07, 6.45) is 1.52. The molecule has 47 heavy (non-hydrogen) atoms. The van der Waals surface area contributed by atoms with Gasteiger partial charge in [0.05, 0.1) is 32.1 Å². The molecular formula is C35H31N5O6S. The van der Waals surface area contributed by atoms with Crippen molar-refractivity contribution < 1.29 is 28.7 Å². The van der Waals surface area contributed by atoms with Gasteiger partial charge in [0.1, 0.15) is 11.5 Å². The first kappa shape index (κ1) is 32.5. The minimum atomic E-state index is -0.560. The first-order valence-corrected chi connectivity index (χ1v) is 15.4. The Bertz CT molecular complexity index is 1830. The van der Waals surface area contributed by atoms with Crippen LogP contribution < -0.4 is 30.4 Å². The summed E-state index contributed by atoms with van der Waals surface area (Å²) in [6, 6.07) is 29.7. The van der Waals surface area contributed by atoms with Gasteiger partial charge in [0.2, 0.25) is 5.91 Å². The minimum Gasteiger partial charge on any atom is -0.493 e. The monoisotopic (exact) mass is 649 g/mol. The van der Waals surface area contributed by atoms with Gasteiger partial charge >= 0.3 is 0 Å². The van der Waals surface area contributed by atoms with E-state index < -0.39 is 11.8 Å². The predicted molar refractivity (Wildman–Crippen MR) is 181 cm³/mol. The van der Waals surface area contributed by atoms with Crippen molar-refractivity contribution in [3.8, 4) is 11.5 Å². The Morgan fingerprint density at radius 1 is 0.851 bits per heavy atom. The van der Waals surface area contributed by atoms with E-state index in [9.17, 15) is 19.2 Å². The fourth-order valence-corrected chi connectivity index (χ4v) is 5.27. The maximum Gasteiger partial charge on any atom is 0.272 e. The first-order chi connectivity index (χ1) is 22.8. The molecule has 0 saturated carbocycles. The number of thioether (sulfide) groups is 1. The van der Waals surface area contributed by atoms with Gasteiger partial charge in [-0.2, -0.15) is 10.1 Å². The Labute approximate surface area is 275 Å². The number of hydrazone groups is 1. The summed E-state index contributed by atoms with van der Waals surface area (Å²) in [7, 11) is 3.00. The Morgan fingerprint density at radius 3 is 2.23 bits per heavy atom. The van der Waals surface area contributed by atoms with E-state index >= 15 is 0 Å². The van der Waals surface area contributed by atoms with Gasteiger partial charge in [0.25, 0.3) is 17.7 Å². The highest BCUT2D eigenvalue weighted by Gasteiger charge is 2.26. The highest BCUT2D eigenvalue weighted by atomic mass is 32.2. The molecule has 1 aliphatic heterocycles. The number of ether oxygens (including phenoxy) is 2. The number of carbonyl (C=O) groups is 4. The maximum absolute atomic E-state index is 13.5. The molecule has 0 aromatic heterocycles. The summed E-state index contributed by atoms with van der Waals surface area (Å²) in [5, 5.41) is 13.7. The molecular weight excluding hydrogens is 618 g/mol. The molecule has 0 bridgehead atoms. The van der Waals surface area contributed by atoms with Gasteiger partial charge in [-0.15, -0.1) is 11.8 Å². The van der Waals surface area contributed by atoms with Crippen LogP contribution in [0.15, 0.2) is 119 Å². The van der Waals surface area contributed by atoms with E-state index in [2.05, 4.69) is 21.1 Å². The normalized spacial score (nSPS) is 12.6. The zero-order valence-corrected chi connectivity index (χ0v) is 26.4. The molecule has 12 heteroatoms. The lowest BCUT2D eigenvalue weighted by Crippen LogP contribution is -2.31. The van der Waals surface area contributed by atoms with Gasteiger partial charge in [0.15, 0.2) is 11.5 Å². The molecule has 0 saturated heterocycles. The molecule has 0 spiro atoms. The van der Waals surface area contributed by atoms with E-state index in [1.165, 1.54) is 37.1 Å². The zero-order valence-electron chi connectivity index (χ0n) is 25.6. The summed E-state index contributed by atoms with van der Waals surface area (Å²) in [5.74, 6) is -0.295. The average Bonchev–Trinajstić information content (AvgIpc) is 3.47. The highest BCUT2D eigenvalue weighted by Crippen LogP contribution is 2.32. The van der Waals surface area contributed by atoms with Crippen LogP contribution in [0, 0.1) is 0 Å². The summed E-state index contributed by atoms with van der Waals surface area (Å²) in [5.41, 5.74) is 2.00. The molecule has 4 aromatic carbocycles. The van der Waals surface area contributed by atoms with Crippen molar-refractivity contribution in [2.24, 2.45) is 5.10 Å². The third kappa shape index (κ3) is 8.44. The molecule has 3 N–H and O–H groups in total. The average molecular weight is 650 g/mol. The Morgan fingerprint density at radius 2 is 1.55 bits per heavy atom. The van der Waals surface area contributed by atoms with Crippen molar-refractivity contribution >= 4 is 58.7 Å². The topological polar surface area (TPSA) is 138 Å². The molecule has 0 radical (unpaired) electrons. The fraction of sp³-hybridized carbons (Fsp3) is 0.114. The zero-order chi connectivity index (χ0) is 33.2. The SMILES string of the molecule is COc1cccc(/C=C(\NC(=O)c2ccccc2)C(=O)Nc2ccc(SCC(=O)NC3=NN(c4ccccc4)C(=O)C3)cc2)c1OC. The van der Waals surface area contributed by atoms with E-state index in [0.29, 0.717) is 34.0 Å². The van der Waals surface area contributed by atoms with Crippen molar-refractivity contribution in [1.29, 1.82) is 0 Å². The van der Waals surface area contributed by atoms with E-state index in [4.69, 9.17) is 9.47 Å². The smallest absolute Gasteiger partial charge is 0.272 e. The van der Waals surface area contributed by atoms with Crippen LogP contribution in [0.3, 0.4) is 0 Å². The number of nitrogens with one attached hydrogen (secondary N) is 3. The summed E-state index contributed by atoms with van der Waals surface area (Å²) >= 11 is 1.29. The van der Waals surface area contributed by atoms with E-state index in [1.807, 2.05) is 6.07 Å². The van der Waals surface area contributed by atoms with Crippen LogP contribution in [0.4, 0.5) is 11.4 Å². The number of nitrogens with zero attached hydrogens (tertiary/aromatic N) is 2. The lowest BCUT2D eigenvalue weighted by atomic mass is 10.1. The molecule has 1 aliphatic rings. The second kappa shape index (κ2) is 15.4. The molecule has 0 fully saturated rings. The number of hydrogen-bond donors (Lipinski definition) is 3. The number of rotatable bonds is 11. The van der Waals surface area contributed by atoms with Gasteiger partial charge in [-0.25, -0.2) is 0 Å². The molecule has 0 atom stereocenters. The van der Waals surface area contributed by atoms with Crippen LogP contribution in [-0.2, 0) is 14.4 Å². The second-order valence-electron chi connectivity index (χ2n) is 10.0. The van der Waals surface area contributed by atoms with E-state index in [1.54, 1.807) is 97.1 Å². The van der Waals surface area contributed by atoms with Crippen molar-refractivity contribution in [3.05, 3.63) is 120 Å². The van der Waals surface area contributed by atoms with Gasteiger partial charge in [-0.1, -0.05) is 48.5 Å². The Hall–Kier alpha value is -5.88. The Balaban J connectivity index is 1.23. The number of amidine groups is 1. The largest absolute Gasteiger partial charge is 0.493 e. The standard InChI is InChI=1S/C35H31N5O6S/c1-45-29-15-9-12-24(33(29)46-2)20-28(37-34(43)23-10-5-3-6-11-23)35(44)36-25-16-18-27(19-17-25)47-22-31(41)38-30-21-32(42)40(39-30)26-13-7-4-8-14-26/h3-20H,21-22H2,1-2H3,(H,36,44)(H,37,43)(H,38,39,41)/b28-20-. The number of amides is 4. The summed E-state index contributed by atoms with van der Waals surface area (Å²) in [4.78, 5) is 52.2. The molecule has 238 valence electrons. The molecule has 1 heterocycles. The molecule has 4 aromatic rings. The van der Waals surface area contributed by atoms with Gasteiger partial charge in [-0.3, -0.25) is 19.2 Å². The van der Waals surface area contributed by atoms with Gasteiger partial charge in [-0.05, 0) is 60.7 Å². The van der Waals surface area contributed by atoms with Crippen molar-refractivity contribution in [2.45, 2.75) is 11.3 Å². The summed E-state index contributed by atoms with van der Waals surface area (Å²) < 4.78 is 10.9. The predicted octanol–water partition coefficient (Wildman–Crippen LogP) is 5.07. The number of para-hydroxylation sites is 2. The van der Waals surface area contributed by atoms with Crippen LogP contribution >= 0.6 is 11.8 Å². The van der Waals surface area contributed by atoms with Crippen molar-refractivity contribution in [2.75, 3.05) is 30.3 Å². The number of methoxy groups -OCH3 is 2. The number of anilines is 2. The number of carbonyl (C=O) groups excluding carboxylic acids is 4. The van der Waals surface area contributed by atoms with E-state index in [0.717, 1.165) is 4.90 Å². The van der Waals surface area contributed by atoms with E-state index in [-0.39, 0.29) is 35.5 Å². The third-order valence-corrected chi connectivity index (χ3v) is 7.82. The molecule has 0 aliphatic carbocycles. The quantitative estimate of drug-likeness (QED) is 0.152.